The van der Waals surface area contributed by atoms with Gasteiger partial charge in [-0.05, 0) is 36.6 Å². The molecule has 0 radical (unpaired) electrons. The van der Waals surface area contributed by atoms with Gasteiger partial charge in [0.1, 0.15) is 11.0 Å². The van der Waals surface area contributed by atoms with E-state index in [1.54, 1.807) is 17.7 Å². The van der Waals surface area contributed by atoms with E-state index in [1.807, 2.05) is 36.4 Å². The van der Waals surface area contributed by atoms with E-state index >= 15 is 0 Å². The number of carbonyl (C=O) groups excluding carboxylic acids is 1. The number of aryl methyl sites for hydroxylation is 1. The fourth-order valence-corrected chi connectivity index (χ4v) is 3.09. The van der Waals surface area contributed by atoms with Crippen molar-refractivity contribution in [3.63, 3.8) is 0 Å². The highest BCUT2D eigenvalue weighted by Gasteiger charge is 2.20. The zero-order valence-corrected chi connectivity index (χ0v) is 15.1. The summed E-state index contributed by atoms with van der Waals surface area (Å²) in [6, 6.07) is 16.1. The minimum Gasteiger partial charge on any atom is -0.352 e. The molecule has 3 rings (SSSR count). The van der Waals surface area contributed by atoms with Crippen LogP contribution in [0.25, 0.3) is 0 Å². The first kappa shape index (κ1) is 18.1. The molecule has 0 aliphatic heterocycles. The molecule has 1 amide bonds. The molecule has 0 bridgehead atoms. The van der Waals surface area contributed by atoms with E-state index in [0.717, 1.165) is 11.1 Å². The van der Waals surface area contributed by atoms with E-state index in [0.29, 0.717) is 35.9 Å². The first-order valence-corrected chi connectivity index (χ1v) is 8.72. The van der Waals surface area contributed by atoms with Crippen LogP contribution in [0.1, 0.15) is 27.2 Å². The average Bonchev–Trinajstić information content (AvgIpc) is 2.89. The minimum absolute atomic E-state index is 0.275. The second kappa shape index (κ2) is 8.15. The number of nitrogens with zero attached hydrogens (tertiary/aromatic N) is 2. The lowest BCUT2D eigenvalue weighted by molar-refractivity contribution is 0.0953. The Labute approximate surface area is 156 Å². The Morgan fingerprint density at radius 3 is 2.62 bits per heavy atom. The van der Waals surface area contributed by atoms with Crippen LogP contribution in [0.3, 0.4) is 0 Å². The van der Waals surface area contributed by atoms with Gasteiger partial charge in [-0.1, -0.05) is 54.1 Å². The van der Waals surface area contributed by atoms with Gasteiger partial charge in [-0.25, -0.2) is 9.07 Å². The molecule has 1 aromatic heterocycles. The molecule has 0 fully saturated rings. The SMILES string of the molecule is Cc1nn(Cc2ccccc2)c(Cl)c1C(=O)NCCc1cccc(F)c1. The van der Waals surface area contributed by atoms with Gasteiger partial charge >= 0.3 is 0 Å². The summed E-state index contributed by atoms with van der Waals surface area (Å²) in [5, 5.41) is 7.52. The van der Waals surface area contributed by atoms with E-state index in [2.05, 4.69) is 10.4 Å². The normalized spacial score (nSPS) is 10.7. The summed E-state index contributed by atoms with van der Waals surface area (Å²) in [5.74, 6) is -0.557. The Morgan fingerprint density at radius 1 is 1.15 bits per heavy atom. The van der Waals surface area contributed by atoms with Crippen molar-refractivity contribution in [2.75, 3.05) is 6.54 Å². The van der Waals surface area contributed by atoms with Crippen LogP contribution in [-0.4, -0.2) is 22.2 Å². The smallest absolute Gasteiger partial charge is 0.256 e. The maximum Gasteiger partial charge on any atom is 0.256 e. The van der Waals surface area contributed by atoms with Crippen LogP contribution >= 0.6 is 11.6 Å². The number of halogens is 2. The molecule has 0 atom stereocenters. The molecule has 0 aliphatic rings. The predicted molar refractivity (Wildman–Crippen MR) is 100.0 cm³/mol. The lowest BCUT2D eigenvalue weighted by atomic mass is 10.1. The lowest BCUT2D eigenvalue weighted by Gasteiger charge is -2.06. The molecule has 0 aliphatic carbocycles. The monoisotopic (exact) mass is 371 g/mol. The molecule has 1 N–H and O–H groups in total. The summed E-state index contributed by atoms with van der Waals surface area (Å²) < 4.78 is 14.8. The van der Waals surface area contributed by atoms with Gasteiger partial charge in [0.15, 0.2) is 0 Å². The first-order valence-electron chi connectivity index (χ1n) is 8.34. The van der Waals surface area contributed by atoms with Gasteiger partial charge < -0.3 is 5.32 Å². The number of nitrogens with one attached hydrogen (secondary N) is 1. The van der Waals surface area contributed by atoms with Gasteiger partial charge in [-0.2, -0.15) is 5.10 Å². The number of amides is 1. The van der Waals surface area contributed by atoms with Gasteiger partial charge in [0.05, 0.1) is 17.8 Å². The van der Waals surface area contributed by atoms with E-state index in [4.69, 9.17) is 11.6 Å². The summed E-state index contributed by atoms with van der Waals surface area (Å²) in [6.45, 7) is 2.65. The third-order valence-corrected chi connectivity index (χ3v) is 4.44. The molecule has 26 heavy (non-hydrogen) atoms. The molecule has 4 nitrogen and oxygen atoms in total. The highest BCUT2D eigenvalue weighted by molar-refractivity contribution is 6.33. The first-order chi connectivity index (χ1) is 12.5. The molecule has 2 aromatic carbocycles. The Kier molecular flexibility index (Phi) is 5.68. The maximum absolute atomic E-state index is 13.2. The third kappa shape index (κ3) is 4.29. The van der Waals surface area contributed by atoms with E-state index in [9.17, 15) is 9.18 Å². The Morgan fingerprint density at radius 2 is 1.88 bits per heavy atom. The van der Waals surface area contributed by atoms with Crippen molar-refractivity contribution in [3.8, 4) is 0 Å². The molecule has 6 heteroatoms. The van der Waals surface area contributed by atoms with Gasteiger partial charge in [0.25, 0.3) is 5.91 Å². The summed E-state index contributed by atoms with van der Waals surface area (Å²) in [5.41, 5.74) is 2.83. The van der Waals surface area contributed by atoms with Gasteiger partial charge in [0.2, 0.25) is 0 Å². The number of rotatable bonds is 6. The van der Waals surface area contributed by atoms with E-state index in [1.165, 1.54) is 12.1 Å². The predicted octanol–water partition coefficient (Wildman–Crippen LogP) is 4.00. The van der Waals surface area contributed by atoms with Crippen molar-refractivity contribution in [3.05, 3.63) is 88.0 Å². The van der Waals surface area contributed by atoms with Crippen LogP contribution in [-0.2, 0) is 13.0 Å². The topological polar surface area (TPSA) is 46.9 Å². The highest BCUT2D eigenvalue weighted by Crippen LogP contribution is 2.21. The molecular weight excluding hydrogens is 353 g/mol. The van der Waals surface area contributed by atoms with Gasteiger partial charge in [-0.15, -0.1) is 0 Å². The number of aromatic nitrogens is 2. The van der Waals surface area contributed by atoms with Crippen molar-refractivity contribution in [2.24, 2.45) is 0 Å². The molecular formula is C20H19ClFN3O. The molecule has 134 valence electrons. The molecule has 1 heterocycles. The Bertz CT molecular complexity index is 909. The van der Waals surface area contributed by atoms with E-state index in [-0.39, 0.29) is 11.7 Å². The van der Waals surface area contributed by atoms with Crippen molar-refractivity contribution < 1.29 is 9.18 Å². The Balaban J connectivity index is 1.65. The second-order valence-electron chi connectivity index (χ2n) is 6.03. The zero-order valence-electron chi connectivity index (χ0n) is 14.4. The number of carbonyl (C=O) groups is 1. The number of hydrogen-bond donors (Lipinski definition) is 1. The summed E-state index contributed by atoms with van der Waals surface area (Å²) in [7, 11) is 0. The molecule has 0 saturated heterocycles. The van der Waals surface area contributed by atoms with Crippen LogP contribution in [0.15, 0.2) is 54.6 Å². The van der Waals surface area contributed by atoms with Crippen LogP contribution in [0.2, 0.25) is 5.15 Å². The minimum atomic E-state index is -0.282. The largest absolute Gasteiger partial charge is 0.352 e. The molecule has 0 saturated carbocycles. The van der Waals surface area contributed by atoms with Crippen molar-refractivity contribution in [1.29, 1.82) is 0 Å². The van der Waals surface area contributed by atoms with Crippen LogP contribution in [0.5, 0.6) is 0 Å². The fourth-order valence-electron chi connectivity index (χ4n) is 2.77. The maximum atomic E-state index is 13.2. The summed E-state index contributed by atoms with van der Waals surface area (Å²) >= 11 is 6.38. The van der Waals surface area contributed by atoms with E-state index < -0.39 is 0 Å². The van der Waals surface area contributed by atoms with Crippen LogP contribution in [0, 0.1) is 12.7 Å². The quantitative estimate of drug-likeness (QED) is 0.711. The third-order valence-electron chi connectivity index (χ3n) is 4.06. The van der Waals surface area contributed by atoms with Crippen molar-refractivity contribution >= 4 is 17.5 Å². The summed E-state index contributed by atoms with van der Waals surface area (Å²) in [6.07, 6.45) is 0.540. The van der Waals surface area contributed by atoms with Crippen molar-refractivity contribution in [1.82, 2.24) is 15.1 Å². The average molecular weight is 372 g/mol. The zero-order chi connectivity index (χ0) is 18.5. The fraction of sp³-hybridized carbons (Fsp3) is 0.200. The van der Waals surface area contributed by atoms with Gasteiger partial charge in [-0.3, -0.25) is 4.79 Å². The molecule has 0 spiro atoms. The summed E-state index contributed by atoms with van der Waals surface area (Å²) in [4.78, 5) is 12.5. The second-order valence-corrected chi connectivity index (χ2v) is 6.39. The van der Waals surface area contributed by atoms with Crippen LogP contribution < -0.4 is 5.32 Å². The molecule has 3 aromatic rings. The Hall–Kier alpha value is -2.66. The van der Waals surface area contributed by atoms with Crippen molar-refractivity contribution in [2.45, 2.75) is 19.9 Å². The van der Waals surface area contributed by atoms with Gasteiger partial charge in [0, 0.05) is 6.54 Å². The highest BCUT2D eigenvalue weighted by atomic mass is 35.5. The standard InChI is InChI=1S/C20H19ClFN3O/c1-14-18(19(21)25(24-14)13-16-6-3-2-4-7-16)20(26)23-11-10-15-8-5-9-17(22)12-15/h2-9,12H,10-11,13H2,1H3,(H,23,26). The number of hydrogen-bond acceptors (Lipinski definition) is 2. The lowest BCUT2D eigenvalue weighted by Crippen LogP contribution is -2.26. The molecule has 0 unspecified atom stereocenters. The van der Waals surface area contributed by atoms with Crippen LogP contribution in [0.4, 0.5) is 4.39 Å². The number of benzene rings is 2.